The molecule has 1 aromatic heterocycles. The van der Waals surface area contributed by atoms with Crippen LogP contribution in [0.2, 0.25) is 0 Å². The number of nitrogens with zero attached hydrogens (tertiary/aromatic N) is 1. The molecule has 3 nitrogen and oxygen atoms in total. The Morgan fingerprint density at radius 1 is 1.62 bits per heavy atom. The number of rotatable bonds is 6. The van der Waals surface area contributed by atoms with Crippen molar-refractivity contribution in [3.05, 3.63) is 16.6 Å². The third kappa shape index (κ3) is 2.44. The van der Waals surface area contributed by atoms with Gasteiger partial charge in [0.1, 0.15) is 5.01 Å². The van der Waals surface area contributed by atoms with E-state index in [0.29, 0.717) is 11.5 Å². The van der Waals surface area contributed by atoms with Crippen molar-refractivity contribution in [1.82, 2.24) is 10.3 Å². The molecule has 0 spiro atoms. The van der Waals surface area contributed by atoms with E-state index in [-0.39, 0.29) is 0 Å². The number of thiazole rings is 1. The molecule has 1 unspecified atom stereocenters. The Hall–Kier alpha value is -0.450. The fourth-order valence-electron chi connectivity index (χ4n) is 2.28. The molecule has 16 heavy (non-hydrogen) atoms. The molecule has 1 aliphatic rings. The second-order valence-corrected chi connectivity index (χ2v) is 5.70. The van der Waals surface area contributed by atoms with Gasteiger partial charge in [0.25, 0.3) is 0 Å². The molecule has 1 saturated carbocycles. The summed E-state index contributed by atoms with van der Waals surface area (Å²) >= 11 is 1.73. The monoisotopic (exact) mass is 239 g/mol. The molecule has 0 saturated heterocycles. The van der Waals surface area contributed by atoms with Crippen molar-refractivity contribution in [1.29, 1.82) is 0 Å². The SMILES string of the molecule is CCC(NCC1(CN)CCC1)c1nccs1. The van der Waals surface area contributed by atoms with E-state index in [2.05, 4.69) is 17.2 Å². The van der Waals surface area contributed by atoms with Crippen LogP contribution >= 0.6 is 11.3 Å². The van der Waals surface area contributed by atoms with Crippen molar-refractivity contribution >= 4 is 11.3 Å². The lowest BCUT2D eigenvalue weighted by atomic mass is 9.68. The van der Waals surface area contributed by atoms with Crippen LogP contribution < -0.4 is 11.1 Å². The van der Waals surface area contributed by atoms with Crippen LogP contribution in [0.5, 0.6) is 0 Å². The van der Waals surface area contributed by atoms with E-state index in [1.165, 1.54) is 24.3 Å². The van der Waals surface area contributed by atoms with Crippen LogP contribution in [0.15, 0.2) is 11.6 Å². The Morgan fingerprint density at radius 3 is 2.88 bits per heavy atom. The summed E-state index contributed by atoms with van der Waals surface area (Å²) in [5.74, 6) is 0. The minimum atomic E-state index is 0.380. The minimum Gasteiger partial charge on any atom is -0.330 e. The summed E-state index contributed by atoms with van der Waals surface area (Å²) in [7, 11) is 0. The summed E-state index contributed by atoms with van der Waals surface area (Å²) < 4.78 is 0. The van der Waals surface area contributed by atoms with Crippen molar-refractivity contribution in [2.24, 2.45) is 11.1 Å². The molecule has 3 N–H and O–H groups in total. The van der Waals surface area contributed by atoms with Gasteiger partial charge in [0, 0.05) is 18.1 Å². The fraction of sp³-hybridized carbons (Fsp3) is 0.750. The lowest BCUT2D eigenvalue weighted by molar-refractivity contribution is 0.135. The molecule has 1 heterocycles. The summed E-state index contributed by atoms with van der Waals surface area (Å²) in [6.45, 7) is 4.06. The van der Waals surface area contributed by atoms with Crippen molar-refractivity contribution in [2.45, 2.75) is 38.6 Å². The van der Waals surface area contributed by atoms with Gasteiger partial charge in [-0.1, -0.05) is 13.3 Å². The first-order chi connectivity index (χ1) is 7.79. The zero-order valence-electron chi connectivity index (χ0n) is 9.91. The molecule has 1 aliphatic carbocycles. The highest BCUT2D eigenvalue weighted by Gasteiger charge is 2.35. The normalized spacial score (nSPS) is 20.4. The van der Waals surface area contributed by atoms with Crippen LogP contribution in [-0.2, 0) is 0 Å². The maximum Gasteiger partial charge on any atom is 0.109 e. The van der Waals surface area contributed by atoms with E-state index in [9.17, 15) is 0 Å². The van der Waals surface area contributed by atoms with E-state index < -0.39 is 0 Å². The van der Waals surface area contributed by atoms with Crippen LogP contribution in [0.3, 0.4) is 0 Å². The Kier molecular flexibility index (Phi) is 3.95. The fourth-order valence-corrected chi connectivity index (χ4v) is 3.08. The first-order valence-electron chi connectivity index (χ1n) is 6.12. The van der Waals surface area contributed by atoms with Gasteiger partial charge < -0.3 is 11.1 Å². The van der Waals surface area contributed by atoms with E-state index >= 15 is 0 Å². The maximum atomic E-state index is 5.86. The molecule has 4 heteroatoms. The van der Waals surface area contributed by atoms with Gasteiger partial charge in [0.2, 0.25) is 0 Å². The van der Waals surface area contributed by atoms with E-state index in [1.54, 1.807) is 11.3 Å². The highest BCUT2D eigenvalue weighted by molar-refractivity contribution is 7.09. The van der Waals surface area contributed by atoms with Crippen LogP contribution in [0.1, 0.15) is 43.7 Å². The van der Waals surface area contributed by atoms with Gasteiger partial charge in [0.05, 0.1) is 6.04 Å². The summed E-state index contributed by atoms with van der Waals surface area (Å²) in [6, 6.07) is 0.407. The van der Waals surface area contributed by atoms with Gasteiger partial charge in [-0.15, -0.1) is 11.3 Å². The topological polar surface area (TPSA) is 50.9 Å². The predicted octanol–water partition coefficient (Wildman–Crippen LogP) is 2.31. The van der Waals surface area contributed by atoms with Crippen molar-refractivity contribution in [2.75, 3.05) is 13.1 Å². The largest absolute Gasteiger partial charge is 0.330 e. The molecule has 1 atom stereocenters. The first-order valence-corrected chi connectivity index (χ1v) is 7.00. The van der Waals surface area contributed by atoms with Gasteiger partial charge in [-0.3, -0.25) is 0 Å². The third-order valence-corrected chi connectivity index (χ3v) is 4.62. The van der Waals surface area contributed by atoms with Crippen LogP contribution in [-0.4, -0.2) is 18.1 Å². The molecule has 2 rings (SSSR count). The molecule has 0 bridgehead atoms. The van der Waals surface area contributed by atoms with Crippen LogP contribution in [0.25, 0.3) is 0 Å². The van der Waals surface area contributed by atoms with Gasteiger partial charge >= 0.3 is 0 Å². The van der Waals surface area contributed by atoms with Gasteiger partial charge in [0.15, 0.2) is 0 Å². The lowest BCUT2D eigenvalue weighted by Crippen LogP contribution is -2.46. The summed E-state index contributed by atoms with van der Waals surface area (Å²) in [5.41, 5.74) is 6.24. The molecule has 1 aromatic rings. The number of nitrogens with two attached hydrogens (primary N) is 1. The Labute approximate surface area is 101 Å². The maximum absolute atomic E-state index is 5.86. The van der Waals surface area contributed by atoms with Crippen molar-refractivity contribution < 1.29 is 0 Å². The van der Waals surface area contributed by atoms with Crippen LogP contribution in [0.4, 0.5) is 0 Å². The first kappa shape index (κ1) is 12.0. The minimum absolute atomic E-state index is 0.380. The summed E-state index contributed by atoms with van der Waals surface area (Å²) in [5, 5.41) is 6.88. The van der Waals surface area contributed by atoms with Crippen molar-refractivity contribution in [3.63, 3.8) is 0 Å². The number of hydrogen-bond acceptors (Lipinski definition) is 4. The number of nitrogens with one attached hydrogen (secondary N) is 1. The highest BCUT2D eigenvalue weighted by atomic mass is 32.1. The molecule has 1 fully saturated rings. The van der Waals surface area contributed by atoms with Gasteiger partial charge in [-0.05, 0) is 31.2 Å². The quantitative estimate of drug-likeness (QED) is 0.801. The lowest BCUT2D eigenvalue weighted by Gasteiger charge is -2.42. The molecule has 0 radical (unpaired) electrons. The van der Waals surface area contributed by atoms with E-state index in [0.717, 1.165) is 19.5 Å². The predicted molar refractivity (Wildman–Crippen MR) is 68.5 cm³/mol. The van der Waals surface area contributed by atoms with E-state index in [1.807, 2.05) is 11.6 Å². The average Bonchev–Trinajstić information content (AvgIpc) is 2.76. The standard InChI is InChI=1S/C12H21N3S/c1-2-10(11-14-6-7-16-11)15-9-12(8-13)4-3-5-12/h6-7,10,15H,2-5,8-9,13H2,1H3. The van der Waals surface area contributed by atoms with Gasteiger partial charge in [-0.2, -0.15) is 0 Å². The molecule has 0 aromatic carbocycles. The van der Waals surface area contributed by atoms with Crippen LogP contribution in [0, 0.1) is 5.41 Å². The molecular weight excluding hydrogens is 218 g/mol. The Bertz CT molecular complexity index is 301. The Balaban J connectivity index is 1.88. The smallest absolute Gasteiger partial charge is 0.109 e. The molecule has 0 aliphatic heterocycles. The Morgan fingerprint density at radius 2 is 2.44 bits per heavy atom. The zero-order chi connectivity index (χ0) is 11.4. The van der Waals surface area contributed by atoms with Crippen molar-refractivity contribution in [3.8, 4) is 0 Å². The molecule has 90 valence electrons. The second kappa shape index (κ2) is 5.25. The molecular formula is C12H21N3S. The average molecular weight is 239 g/mol. The number of hydrogen-bond donors (Lipinski definition) is 2. The summed E-state index contributed by atoms with van der Waals surface area (Å²) in [4.78, 5) is 4.38. The second-order valence-electron chi connectivity index (χ2n) is 4.77. The summed E-state index contributed by atoms with van der Waals surface area (Å²) in [6.07, 6.45) is 6.88. The third-order valence-electron chi connectivity index (χ3n) is 3.73. The molecule has 0 amide bonds. The van der Waals surface area contributed by atoms with E-state index in [4.69, 9.17) is 5.73 Å². The highest BCUT2D eigenvalue weighted by Crippen LogP contribution is 2.39. The number of aromatic nitrogens is 1. The van der Waals surface area contributed by atoms with Gasteiger partial charge in [-0.25, -0.2) is 4.98 Å². The zero-order valence-corrected chi connectivity index (χ0v) is 10.7.